The van der Waals surface area contributed by atoms with Gasteiger partial charge in [0.15, 0.2) is 0 Å². The highest BCUT2D eigenvalue weighted by atomic mass is 35.5. The summed E-state index contributed by atoms with van der Waals surface area (Å²) >= 11 is 10.6. The highest BCUT2D eigenvalue weighted by molar-refractivity contribution is 6.52. The Morgan fingerprint density at radius 1 is 1.33 bits per heavy atom. The van der Waals surface area contributed by atoms with Gasteiger partial charge in [-0.15, -0.1) is 0 Å². The van der Waals surface area contributed by atoms with E-state index in [2.05, 4.69) is 0 Å². The number of ether oxygens (including phenoxy) is 2. The second kappa shape index (κ2) is 8.13. The molecule has 5 nitrogen and oxygen atoms in total. The van der Waals surface area contributed by atoms with E-state index in [1.165, 1.54) is 0 Å². The molecule has 0 bridgehead atoms. The van der Waals surface area contributed by atoms with Crippen LogP contribution in [0.15, 0.2) is 0 Å². The fraction of sp³-hybridized carbons (Fsp3) is 0.875. The standard InChI is InChI=1S/C8H14Cl2O5/c1-2-5(6(3-11)14-4-12)15-8(13)7(9)10/h5-7,11-12H,2-4H2,1H3/t5-,6?/m0/s1. The molecule has 0 aliphatic rings. The Morgan fingerprint density at radius 3 is 2.27 bits per heavy atom. The Bertz CT molecular complexity index is 188. The molecular weight excluding hydrogens is 247 g/mol. The van der Waals surface area contributed by atoms with Crippen molar-refractivity contribution in [2.45, 2.75) is 30.4 Å². The quantitative estimate of drug-likeness (QED) is 0.395. The van der Waals surface area contributed by atoms with Crippen LogP contribution in [0.25, 0.3) is 0 Å². The van der Waals surface area contributed by atoms with E-state index in [4.69, 9.17) is 42.9 Å². The molecule has 0 aliphatic heterocycles. The van der Waals surface area contributed by atoms with Crippen molar-refractivity contribution in [1.82, 2.24) is 0 Å². The molecule has 0 heterocycles. The van der Waals surface area contributed by atoms with Crippen molar-refractivity contribution < 1.29 is 24.5 Å². The molecule has 0 amide bonds. The topological polar surface area (TPSA) is 76.0 Å². The largest absolute Gasteiger partial charge is 0.458 e. The predicted octanol–water partition coefficient (Wildman–Crippen LogP) is 0.439. The van der Waals surface area contributed by atoms with Crippen LogP contribution in [-0.4, -0.2) is 46.6 Å². The summed E-state index contributed by atoms with van der Waals surface area (Å²) in [7, 11) is 0. The van der Waals surface area contributed by atoms with Crippen molar-refractivity contribution >= 4 is 29.2 Å². The van der Waals surface area contributed by atoms with Gasteiger partial charge in [0.1, 0.15) is 19.0 Å². The van der Waals surface area contributed by atoms with Crippen molar-refractivity contribution in [1.29, 1.82) is 0 Å². The average molecular weight is 261 g/mol. The van der Waals surface area contributed by atoms with Gasteiger partial charge in [0.05, 0.1) is 6.61 Å². The van der Waals surface area contributed by atoms with Gasteiger partial charge in [-0.3, -0.25) is 0 Å². The molecular formula is C8H14Cl2O5. The molecule has 0 fully saturated rings. The molecule has 0 aromatic heterocycles. The van der Waals surface area contributed by atoms with E-state index in [1.54, 1.807) is 6.92 Å². The number of rotatable bonds is 7. The third-order valence-electron chi connectivity index (χ3n) is 1.73. The summed E-state index contributed by atoms with van der Waals surface area (Å²) in [4.78, 5) is 9.78. The van der Waals surface area contributed by atoms with Gasteiger partial charge in [0.25, 0.3) is 0 Å². The monoisotopic (exact) mass is 260 g/mol. The van der Waals surface area contributed by atoms with Crippen LogP contribution in [0.2, 0.25) is 0 Å². The molecule has 15 heavy (non-hydrogen) atoms. The van der Waals surface area contributed by atoms with Crippen molar-refractivity contribution in [3.05, 3.63) is 0 Å². The maximum atomic E-state index is 11.1. The van der Waals surface area contributed by atoms with Crippen LogP contribution in [0, 0.1) is 0 Å². The Kier molecular flexibility index (Phi) is 8.09. The first-order valence-electron chi connectivity index (χ1n) is 4.38. The molecule has 90 valence electrons. The molecule has 1 unspecified atom stereocenters. The van der Waals surface area contributed by atoms with Crippen LogP contribution in [0.3, 0.4) is 0 Å². The summed E-state index contributed by atoms with van der Waals surface area (Å²) in [5.41, 5.74) is 0. The summed E-state index contributed by atoms with van der Waals surface area (Å²) < 4.78 is 9.63. The third-order valence-corrected chi connectivity index (χ3v) is 2.09. The SMILES string of the molecule is CC[C@H](OC(=O)C(Cl)Cl)C(CO)OCO. The Balaban J connectivity index is 4.26. The van der Waals surface area contributed by atoms with E-state index in [0.29, 0.717) is 6.42 Å². The van der Waals surface area contributed by atoms with E-state index in [1.807, 2.05) is 0 Å². The summed E-state index contributed by atoms with van der Waals surface area (Å²) in [6.45, 7) is 0.796. The van der Waals surface area contributed by atoms with Crippen LogP contribution in [0.5, 0.6) is 0 Å². The molecule has 0 aromatic rings. The highest BCUT2D eigenvalue weighted by Crippen LogP contribution is 2.12. The summed E-state index contributed by atoms with van der Waals surface area (Å²) in [5.74, 6) is -0.801. The van der Waals surface area contributed by atoms with E-state index in [0.717, 1.165) is 0 Å². The number of halogens is 2. The first kappa shape index (κ1) is 14.9. The lowest BCUT2D eigenvalue weighted by Crippen LogP contribution is -2.37. The molecule has 0 aliphatic carbocycles. The molecule has 0 spiro atoms. The van der Waals surface area contributed by atoms with Crippen molar-refractivity contribution in [2.24, 2.45) is 0 Å². The van der Waals surface area contributed by atoms with E-state index < -0.39 is 29.8 Å². The number of hydrogen-bond donors (Lipinski definition) is 2. The molecule has 0 saturated heterocycles. The molecule has 0 radical (unpaired) electrons. The predicted molar refractivity (Wildman–Crippen MR) is 54.7 cm³/mol. The Hall–Kier alpha value is -0.0700. The van der Waals surface area contributed by atoms with Crippen LogP contribution < -0.4 is 0 Å². The first-order chi connectivity index (χ1) is 7.06. The Labute approximate surface area is 97.9 Å². The van der Waals surface area contributed by atoms with Crippen LogP contribution >= 0.6 is 23.2 Å². The molecule has 0 rings (SSSR count). The maximum absolute atomic E-state index is 11.1. The van der Waals surface area contributed by atoms with Gasteiger partial charge in [-0.2, -0.15) is 0 Å². The zero-order valence-corrected chi connectivity index (χ0v) is 9.74. The maximum Gasteiger partial charge on any atom is 0.339 e. The fourth-order valence-electron chi connectivity index (χ4n) is 0.996. The van der Waals surface area contributed by atoms with Gasteiger partial charge in [0, 0.05) is 0 Å². The number of aliphatic hydroxyl groups is 2. The molecule has 0 aromatic carbocycles. The number of esters is 1. The van der Waals surface area contributed by atoms with Gasteiger partial charge in [-0.25, -0.2) is 4.79 Å². The summed E-state index contributed by atoms with van der Waals surface area (Å²) in [6, 6.07) is 0. The number of hydrogen-bond acceptors (Lipinski definition) is 5. The summed E-state index contributed by atoms with van der Waals surface area (Å²) in [5, 5.41) is 17.4. The first-order valence-corrected chi connectivity index (χ1v) is 5.26. The lowest BCUT2D eigenvalue weighted by Gasteiger charge is -2.24. The number of alkyl halides is 2. The molecule has 7 heteroatoms. The Morgan fingerprint density at radius 2 is 1.93 bits per heavy atom. The highest BCUT2D eigenvalue weighted by Gasteiger charge is 2.26. The van der Waals surface area contributed by atoms with Crippen molar-refractivity contribution in [2.75, 3.05) is 13.4 Å². The minimum Gasteiger partial charge on any atom is -0.458 e. The van der Waals surface area contributed by atoms with Crippen LogP contribution in [0.1, 0.15) is 13.3 Å². The average Bonchev–Trinajstić information content (AvgIpc) is 2.22. The number of carbonyl (C=O) groups is 1. The minimum atomic E-state index is -1.27. The van der Waals surface area contributed by atoms with Crippen molar-refractivity contribution in [3.8, 4) is 0 Å². The second-order valence-corrected chi connectivity index (χ2v) is 3.80. The normalized spacial score (nSPS) is 15.1. The van der Waals surface area contributed by atoms with E-state index >= 15 is 0 Å². The van der Waals surface area contributed by atoms with E-state index in [9.17, 15) is 4.79 Å². The van der Waals surface area contributed by atoms with Crippen LogP contribution in [-0.2, 0) is 14.3 Å². The molecule has 2 atom stereocenters. The number of carbonyl (C=O) groups excluding carboxylic acids is 1. The fourth-order valence-corrected chi connectivity index (χ4v) is 1.10. The van der Waals surface area contributed by atoms with E-state index in [-0.39, 0.29) is 6.61 Å². The van der Waals surface area contributed by atoms with Gasteiger partial charge < -0.3 is 19.7 Å². The zero-order chi connectivity index (χ0) is 11.8. The van der Waals surface area contributed by atoms with Gasteiger partial charge in [-0.1, -0.05) is 30.1 Å². The van der Waals surface area contributed by atoms with Gasteiger partial charge in [-0.05, 0) is 6.42 Å². The lowest BCUT2D eigenvalue weighted by molar-refractivity contribution is -0.165. The second-order valence-electron chi connectivity index (χ2n) is 2.70. The van der Waals surface area contributed by atoms with Gasteiger partial charge in [0.2, 0.25) is 4.84 Å². The van der Waals surface area contributed by atoms with Gasteiger partial charge >= 0.3 is 5.97 Å². The lowest BCUT2D eigenvalue weighted by atomic mass is 10.1. The third kappa shape index (κ3) is 5.53. The minimum absolute atomic E-state index is 0.373. The smallest absolute Gasteiger partial charge is 0.339 e. The number of aliphatic hydroxyl groups excluding tert-OH is 2. The molecule has 0 saturated carbocycles. The van der Waals surface area contributed by atoms with Crippen molar-refractivity contribution in [3.63, 3.8) is 0 Å². The van der Waals surface area contributed by atoms with Crippen LogP contribution in [0.4, 0.5) is 0 Å². The molecule has 2 N–H and O–H groups in total. The summed E-state index contributed by atoms with van der Waals surface area (Å²) in [6.07, 6.45) is -1.05. The zero-order valence-electron chi connectivity index (χ0n) is 8.23.